The standard InChI is InChI=1S/C15H20ClNO3/c1-15(10-18,11-6-7-11)17-14(19)8-9-20-13-5-3-2-4-12(13)16/h2-5,11,18H,6-10H2,1H3,(H,17,19). The highest BCUT2D eigenvalue weighted by Gasteiger charge is 2.41. The number of hydrogen-bond acceptors (Lipinski definition) is 3. The van der Waals surface area contributed by atoms with Crippen molar-refractivity contribution in [2.75, 3.05) is 13.2 Å². The van der Waals surface area contributed by atoms with Gasteiger partial charge in [0.25, 0.3) is 0 Å². The van der Waals surface area contributed by atoms with Crippen molar-refractivity contribution in [3.63, 3.8) is 0 Å². The van der Waals surface area contributed by atoms with Crippen LogP contribution in [0.15, 0.2) is 24.3 Å². The van der Waals surface area contributed by atoms with Gasteiger partial charge in [0.05, 0.1) is 30.2 Å². The molecule has 1 amide bonds. The van der Waals surface area contributed by atoms with Gasteiger partial charge in [-0.3, -0.25) is 4.79 Å². The molecule has 1 fully saturated rings. The first-order valence-corrected chi connectivity index (χ1v) is 7.22. The molecule has 20 heavy (non-hydrogen) atoms. The molecule has 1 aliphatic rings. The lowest BCUT2D eigenvalue weighted by molar-refractivity contribution is -0.124. The lowest BCUT2D eigenvalue weighted by Gasteiger charge is -2.28. The second-order valence-corrected chi connectivity index (χ2v) is 5.83. The molecule has 1 unspecified atom stereocenters. The van der Waals surface area contributed by atoms with Crippen molar-refractivity contribution >= 4 is 17.5 Å². The predicted octanol–water partition coefficient (Wildman–Crippen LogP) is 2.39. The number of aliphatic hydroxyl groups excluding tert-OH is 1. The van der Waals surface area contributed by atoms with Crippen LogP contribution in [0.2, 0.25) is 5.02 Å². The highest BCUT2D eigenvalue weighted by molar-refractivity contribution is 6.32. The molecule has 0 aromatic heterocycles. The van der Waals surface area contributed by atoms with Crippen molar-refractivity contribution < 1.29 is 14.6 Å². The van der Waals surface area contributed by atoms with E-state index in [0.29, 0.717) is 16.7 Å². The van der Waals surface area contributed by atoms with Crippen LogP contribution in [0.1, 0.15) is 26.2 Å². The molecule has 110 valence electrons. The second kappa shape index (κ2) is 6.46. The average Bonchev–Trinajstić information content (AvgIpc) is 3.25. The molecule has 1 aromatic rings. The molecule has 2 N–H and O–H groups in total. The summed E-state index contributed by atoms with van der Waals surface area (Å²) in [4.78, 5) is 11.9. The third kappa shape index (κ3) is 3.87. The number of hydrogen-bond donors (Lipinski definition) is 2. The molecule has 1 aromatic carbocycles. The minimum absolute atomic E-state index is 0.0330. The number of carbonyl (C=O) groups excluding carboxylic acids is 1. The van der Waals surface area contributed by atoms with Gasteiger partial charge in [0.2, 0.25) is 5.91 Å². The van der Waals surface area contributed by atoms with Crippen LogP contribution in [0, 0.1) is 5.92 Å². The molecule has 0 heterocycles. The number of ether oxygens (including phenoxy) is 1. The molecule has 1 saturated carbocycles. The number of aliphatic hydroxyl groups is 1. The Morgan fingerprint density at radius 3 is 2.80 bits per heavy atom. The van der Waals surface area contributed by atoms with E-state index >= 15 is 0 Å². The van der Waals surface area contributed by atoms with Crippen LogP contribution in [0.25, 0.3) is 0 Å². The molecule has 0 radical (unpaired) electrons. The van der Waals surface area contributed by atoms with Crippen molar-refractivity contribution in [3.05, 3.63) is 29.3 Å². The molecule has 2 rings (SSSR count). The first-order valence-electron chi connectivity index (χ1n) is 6.84. The first kappa shape index (κ1) is 15.1. The van der Waals surface area contributed by atoms with E-state index in [0.717, 1.165) is 12.8 Å². The van der Waals surface area contributed by atoms with E-state index in [1.165, 1.54) is 0 Å². The topological polar surface area (TPSA) is 58.6 Å². The number of para-hydroxylation sites is 1. The lowest BCUT2D eigenvalue weighted by atomic mass is 9.97. The second-order valence-electron chi connectivity index (χ2n) is 5.43. The van der Waals surface area contributed by atoms with Gasteiger partial charge in [-0.25, -0.2) is 0 Å². The molecular formula is C15H20ClNO3. The normalized spacial score (nSPS) is 17.4. The summed E-state index contributed by atoms with van der Waals surface area (Å²) in [7, 11) is 0. The molecule has 0 aliphatic heterocycles. The summed E-state index contributed by atoms with van der Waals surface area (Å²) in [6.07, 6.45) is 2.37. The largest absolute Gasteiger partial charge is 0.491 e. The van der Waals surface area contributed by atoms with Gasteiger partial charge in [-0.05, 0) is 37.8 Å². The summed E-state index contributed by atoms with van der Waals surface area (Å²) >= 11 is 5.96. The van der Waals surface area contributed by atoms with E-state index in [2.05, 4.69) is 5.32 Å². The van der Waals surface area contributed by atoms with Gasteiger partial charge in [0.15, 0.2) is 0 Å². The van der Waals surface area contributed by atoms with Crippen molar-refractivity contribution in [1.29, 1.82) is 0 Å². The monoisotopic (exact) mass is 297 g/mol. The van der Waals surface area contributed by atoms with Gasteiger partial charge in [0.1, 0.15) is 5.75 Å². The van der Waals surface area contributed by atoms with Crippen LogP contribution >= 0.6 is 11.6 Å². The Labute approximate surface area is 124 Å². The van der Waals surface area contributed by atoms with Gasteiger partial charge in [0, 0.05) is 0 Å². The molecule has 0 saturated heterocycles. The quantitative estimate of drug-likeness (QED) is 0.812. The number of nitrogens with one attached hydrogen (secondary N) is 1. The number of benzene rings is 1. The van der Waals surface area contributed by atoms with E-state index in [-0.39, 0.29) is 25.5 Å². The minimum Gasteiger partial charge on any atom is -0.491 e. The smallest absolute Gasteiger partial charge is 0.223 e. The fourth-order valence-corrected chi connectivity index (χ4v) is 2.38. The van der Waals surface area contributed by atoms with E-state index < -0.39 is 5.54 Å². The third-order valence-corrected chi connectivity index (χ3v) is 3.97. The third-order valence-electron chi connectivity index (χ3n) is 3.66. The molecule has 1 aliphatic carbocycles. The van der Waals surface area contributed by atoms with Crippen LogP contribution in [0.4, 0.5) is 0 Å². The van der Waals surface area contributed by atoms with Gasteiger partial charge in [-0.1, -0.05) is 23.7 Å². The SMILES string of the molecule is CC(CO)(NC(=O)CCOc1ccccc1Cl)C1CC1. The molecule has 0 spiro atoms. The maximum atomic E-state index is 11.9. The van der Waals surface area contributed by atoms with Crippen molar-refractivity contribution in [2.45, 2.75) is 31.7 Å². The summed E-state index contributed by atoms with van der Waals surface area (Å²) in [5.41, 5.74) is -0.499. The summed E-state index contributed by atoms with van der Waals surface area (Å²) in [6.45, 7) is 2.12. The average molecular weight is 298 g/mol. The van der Waals surface area contributed by atoms with E-state index in [9.17, 15) is 9.90 Å². The number of amides is 1. The molecule has 5 heteroatoms. The van der Waals surface area contributed by atoms with Crippen LogP contribution in [-0.2, 0) is 4.79 Å². The van der Waals surface area contributed by atoms with E-state index in [1.807, 2.05) is 19.1 Å². The highest BCUT2D eigenvalue weighted by atomic mass is 35.5. The zero-order valence-corrected chi connectivity index (χ0v) is 12.3. The van der Waals surface area contributed by atoms with Gasteiger partial charge < -0.3 is 15.2 Å². The van der Waals surface area contributed by atoms with Gasteiger partial charge in [-0.15, -0.1) is 0 Å². The first-order chi connectivity index (χ1) is 9.55. The Bertz CT molecular complexity index is 476. The zero-order chi connectivity index (χ0) is 14.6. The molecule has 0 bridgehead atoms. The van der Waals surface area contributed by atoms with Crippen LogP contribution in [-0.4, -0.2) is 29.8 Å². The van der Waals surface area contributed by atoms with Crippen molar-refractivity contribution in [2.24, 2.45) is 5.92 Å². The molecular weight excluding hydrogens is 278 g/mol. The van der Waals surface area contributed by atoms with E-state index in [1.54, 1.807) is 12.1 Å². The zero-order valence-electron chi connectivity index (χ0n) is 11.6. The Morgan fingerprint density at radius 1 is 1.50 bits per heavy atom. The lowest BCUT2D eigenvalue weighted by Crippen LogP contribution is -2.51. The van der Waals surface area contributed by atoms with Crippen molar-refractivity contribution in [1.82, 2.24) is 5.32 Å². The van der Waals surface area contributed by atoms with Crippen LogP contribution < -0.4 is 10.1 Å². The number of rotatable bonds is 7. The maximum absolute atomic E-state index is 11.9. The minimum atomic E-state index is -0.499. The molecule has 4 nitrogen and oxygen atoms in total. The fourth-order valence-electron chi connectivity index (χ4n) is 2.19. The fraction of sp³-hybridized carbons (Fsp3) is 0.533. The number of halogens is 1. The Morgan fingerprint density at radius 2 is 2.20 bits per heavy atom. The summed E-state index contributed by atoms with van der Waals surface area (Å²) < 4.78 is 5.48. The Balaban J connectivity index is 1.77. The van der Waals surface area contributed by atoms with Crippen LogP contribution in [0.5, 0.6) is 5.75 Å². The highest BCUT2D eigenvalue weighted by Crippen LogP contribution is 2.39. The van der Waals surface area contributed by atoms with Gasteiger partial charge in [-0.2, -0.15) is 0 Å². The number of carbonyl (C=O) groups is 1. The summed E-state index contributed by atoms with van der Waals surface area (Å²) in [5, 5.41) is 12.9. The van der Waals surface area contributed by atoms with Crippen LogP contribution in [0.3, 0.4) is 0 Å². The summed E-state index contributed by atoms with van der Waals surface area (Å²) in [5.74, 6) is 0.857. The predicted molar refractivity (Wildman–Crippen MR) is 77.9 cm³/mol. The Hall–Kier alpha value is -1.26. The van der Waals surface area contributed by atoms with Crippen molar-refractivity contribution in [3.8, 4) is 5.75 Å². The van der Waals surface area contributed by atoms with E-state index in [4.69, 9.17) is 16.3 Å². The summed E-state index contributed by atoms with van der Waals surface area (Å²) in [6, 6.07) is 7.16. The van der Waals surface area contributed by atoms with Gasteiger partial charge >= 0.3 is 0 Å². The Kier molecular flexibility index (Phi) is 4.89. The maximum Gasteiger partial charge on any atom is 0.223 e. The molecule has 1 atom stereocenters.